The molecule has 1 aromatic carbocycles. The number of aliphatic imine (C=N–C) groups is 1. The van der Waals surface area contributed by atoms with Gasteiger partial charge in [0.05, 0.1) is 13.2 Å². The summed E-state index contributed by atoms with van der Waals surface area (Å²) >= 11 is 0. The molecule has 27 heavy (non-hydrogen) atoms. The standard InChI is InChI=1S/C19H29FN4O3/c1-19(2,3)27-18(25)24-9-7-23(8-10-24)17(21)22-12-14-5-6-16(20)15(11-14)13-26-4/h5-6,11H,7-10,12-13H2,1-4H3,(H2,21,22). The average Bonchev–Trinajstić information content (AvgIpc) is 2.61. The Morgan fingerprint density at radius 1 is 1.22 bits per heavy atom. The van der Waals surface area contributed by atoms with Gasteiger partial charge < -0.3 is 25.0 Å². The number of carbonyl (C=O) groups is 1. The predicted octanol–water partition coefficient (Wildman–Crippen LogP) is 2.34. The molecule has 0 aromatic heterocycles. The van der Waals surface area contributed by atoms with Crippen molar-refractivity contribution in [1.82, 2.24) is 9.80 Å². The van der Waals surface area contributed by atoms with Gasteiger partial charge in [0.25, 0.3) is 0 Å². The van der Waals surface area contributed by atoms with Gasteiger partial charge in [0.2, 0.25) is 0 Å². The van der Waals surface area contributed by atoms with E-state index in [1.807, 2.05) is 25.7 Å². The van der Waals surface area contributed by atoms with E-state index in [4.69, 9.17) is 15.2 Å². The van der Waals surface area contributed by atoms with Crippen LogP contribution in [0.1, 0.15) is 31.9 Å². The van der Waals surface area contributed by atoms with Crippen LogP contribution in [0.25, 0.3) is 0 Å². The number of amides is 1. The molecule has 0 radical (unpaired) electrons. The third kappa shape index (κ3) is 6.39. The second-order valence-corrected chi connectivity index (χ2v) is 7.49. The molecule has 2 rings (SSSR count). The predicted molar refractivity (Wildman–Crippen MR) is 102 cm³/mol. The highest BCUT2D eigenvalue weighted by molar-refractivity contribution is 5.78. The molecular weight excluding hydrogens is 351 g/mol. The lowest BCUT2D eigenvalue weighted by Gasteiger charge is -2.36. The van der Waals surface area contributed by atoms with Gasteiger partial charge in [0, 0.05) is 38.9 Å². The van der Waals surface area contributed by atoms with Crippen molar-refractivity contribution in [2.45, 2.75) is 39.5 Å². The van der Waals surface area contributed by atoms with Gasteiger partial charge in [0.15, 0.2) is 5.96 Å². The van der Waals surface area contributed by atoms with Crippen molar-refractivity contribution in [3.63, 3.8) is 0 Å². The van der Waals surface area contributed by atoms with Crippen LogP contribution >= 0.6 is 0 Å². The molecule has 150 valence electrons. The van der Waals surface area contributed by atoms with Crippen LogP contribution in [0.4, 0.5) is 9.18 Å². The van der Waals surface area contributed by atoms with E-state index in [0.29, 0.717) is 44.2 Å². The van der Waals surface area contributed by atoms with Crippen molar-refractivity contribution in [1.29, 1.82) is 0 Å². The molecule has 8 heteroatoms. The zero-order valence-electron chi connectivity index (χ0n) is 16.5. The van der Waals surface area contributed by atoms with Gasteiger partial charge in [-0.25, -0.2) is 14.2 Å². The molecule has 0 bridgehead atoms. The first-order valence-corrected chi connectivity index (χ1v) is 8.98. The lowest BCUT2D eigenvalue weighted by Crippen LogP contribution is -2.53. The number of carbonyl (C=O) groups excluding carboxylic acids is 1. The van der Waals surface area contributed by atoms with Gasteiger partial charge in [-0.2, -0.15) is 0 Å². The Morgan fingerprint density at radius 3 is 2.44 bits per heavy atom. The molecule has 2 N–H and O–H groups in total. The van der Waals surface area contributed by atoms with Gasteiger partial charge in [0.1, 0.15) is 11.4 Å². The number of hydrogen-bond acceptors (Lipinski definition) is 4. The summed E-state index contributed by atoms with van der Waals surface area (Å²) in [6.07, 6.45) is -0.311. The van der Waals surface area contributed by atoms with Gasteiger partial charge in [-0.15, -0.1) is 0 Å². The summed E-state index contributed by atoms with van der Waals surface area (Å²) in [6.45, 7) is 8.34. The average molecular weight is 380 g/mol. The Morgan fingerprint density at radius 2 is 1.85 bits per heavy atom. The van der Waals surface area contributed by atoms with Crippen LogP contribution in [-0.2, 0) is 22.6 Å². The van der Waals surface area contributed by atoms with E-state index in [1.165, 1.54) is 13.2 Å². The maximum Gasteiger partial charge on any atom is 0.410 e. The molecule has 1 aliphatic rings. The lowest BCUT2D eigenvalue weighted by molar-refractivity contribution is 0.0186. The summed E-state index contributed by atoms with van der Waals surface area (Å²) in [5, 5.41) is 0. The molecule has 1 aliphatic heterocycles. The highest BCUT2D eigenvalue weighted by Gasteiger charge is 2.26. The molecule has 0 atom stereocenters. The first-order valence-electron chi connectivity index (χ1n) is 8.98. The van der Waals surface area contributed by atoms with Crippen LogP contribution in [0, 0.1) is 5.82 Å². The Kier molecular flexibility index (Phi) is 7.01. The lowest BCUT2D eigenvalue weighted by atomic mass is 10.1. The Balaban J connectivity index is 1.89. The number of rotatable bonds is 4. The van der Waals surface area contributed by atoms with Crippen molar-refractivity contribution in [2.75, 3.05) is 33.3 Å². The number of ether oxygens (including phenoxy) is 2. The molecule has 7 nitrogen and oxygen atoms in total. The second-order valence-electron chi connectivity index (χ2n) is 7.49. The van der Waals surface area contributed by atoms with Crippen LogP contribution in [0.3, 0.4) is 0 Å². The number of nitrogens with two attached hydrogens (primary N) is 1. The Hall–Kier alpha value is -2.35. The second kappa shape index (κ2) is 9.03. The van der Waals surface area contributed by atoms with Gasteiger partial charge in [-0.1, -0.05) is 6.07 Å². The third-order valence-corrected chi connectivity index (χ3v) is 4.09. The van der Waals surface area contributed by atoms with Crippen LogP contribution < -0.4 is 5.73 Å². The summed E-state index contributed by atoms with van der Waals surface area (Å²) in [7, 11) is 1.53. The molecule has 0 saturated carbocycles. The fraction of sp³-hybridized carbons (Fsp3) is 0.579. The smallest absolute Gasteiger partial charge is 0.410 e. The largest absolute Gasteiger partial charge is 0.444 e. The van der Waals surface area contributed by atoms with Crippen molar-refractivity contribution < 1.29 is 18.7 Å². The minimum atomic E-state index is -0.508. The SMILES string of the molecule is COCc1cc(CN=C(N)N2CCN(C(=O)OC(C)(C)C)CC2)ccc1F. The first-order chi connectivity index (χ1) is 12.7. The number of piperazine rings is 1. The van der Waals surface area contributed by atoms with Gasteiger partial charge >= 0.3 is 6.09 Å². The van der Waals surface area contributed by atoms with Gasteiger partial charge in [-0.05, 0) is 38.5 Å². The highest BCUT2D eigenvalue weighted by Crippen LogP contribution is 2.14. The van der Waals surface area contributed by atoms with Gasteiger partial charge in [-0.3, -0.25) is 0 Å². The molecule has 1 aromatic rings. The number of benzene rings is 1. The molecule has 0 aliphatic carbocycles. The first kappa shape index (κ1) is 21.0. The van der Waals surface area contributed by atoms with Crippen LogP contribution in [0.5, 0.6) is 0 Å². The summed E-state index contributed by atoms with van der Waals surface area (Å²) in [5.41, 5.74) is 6.94. The Bertz CT molecular complexity index is 680. The summed E-state index contributed by atoms with van der Waals surface area (Å²) in [6, 6.07) is 4.83. The normalized spacial score (nSPS) is 15.8. The van der Waals surface area contributed by atoms with E-state index >= 15 is 0 Å². The maximum absolute atomic E-state index is 13.7. The van der Waals surface area contributed by atoms with E-state index in [9.17, 15) is 9.18 Å². The number of methoxy groups -OCH3 is 1. The molecule has 0 spiro atoms. The van der Waals surface area contributed by atoms with Crippen LogP contribution in [0.15, 0.2) is 23.2 Å². The Labute approximate surface area is 159 Å². The van der Waals surface area contributed by atoms with E-state index in [2.05, 4.69) is 4.99 Å². The molecule has 1 fully saturated rings. The van der Waals surface area contributed by atoms with E-state index < -0.39 is 5.60 Å². The molecule has 1 heterocycles. The van der Waals surface area contributed by atoms with Crippen molar-refractivity contribution in [3.05, 3.63) is 35.1 Å². The number of guanidine groups is 1. The topological polar surface area (TPSA) is 80.4 Å². The summed E-state index contributed by atoms with van der Waals surface area (Å²) in [5.74, 6) is 0.118. The number of hydrogen-bond donors (Lipinski definition) is 1. The molecule has 1 amide bonds. The van der Waals surface area contributed by atoms with E-state index in [-0.39, 0.29) is 18.5 Å². The fourth-order valence-electron chi connectivity index (χ4n) is 2.71. The van der Waals surface area contributed by atoms with Crippen molar-refractivity contribution in [3.8, 4) is 0 Å². The monoisotopic (exact) mass is 380 g/mol. The van der Waals surface area contributed by atoms with Crippen molar-refractivity contribution in [2.24, 2.45) is 10.7 Å². The quantitative estimate of drug-likeness (QED) is 0.641. The molecular formula is C19H29FN4O3. The summed E-state index contributed by atoms with van der Waals surface area (Å²) < 4.78 is 24.0. The van der Waals surface area contributed by atoms with Crippen LogP contribution in [-0.4, -0.2) is 60.7 Å². The molecule has 0 unspecified atom stereocenters. The van der Waals surface area contributed by atoms with Crippen LogP contribution in [0.2, 0.25) is 0 Å². The third-order valence-electron chi connectivity index (χ3n) is 4.09. The zero-order chi connectivity index (χ0) is 20.0. The number of nitrogens with zero attached hydrogens (tertiary/aromatic N) is 3. The zero-order valence-corrected chi connectivity index (χ0v) is 16.5. The highest BCUT2D eigenvalue weighted by atomic mass is 19.1. The minimum absolute atomic E-state index is 0.214. The minimum Gasteiger partial charge on any atom is -0.444 e. The summed E-state index contributed by atoms with van der Waals surface area (Å²) in [4.78, 5) is 20.1. The van der Waals surface area contributed by atoms with Crippen molar-refractivity contribution >= 4 is 12.1 Å². The maximum atomic E-state index is 13.7. The molecule has 1 saturated heterocycles. The fourth-order valence-corrected chi connectivity index (χ4v) is 2.71. The van der Waals surface area contributed by atoms with E-state index in [1.54, 1.807) is 17.0 Å². The van der Waals surface area contributed by atoms with E-state index in [0.717, 1.165) is 5.56 Å². The number of halogens is 1.